The molecule has 21 heavy (non-hydrogen) atoms. The fraction of sp³-hybridized carbons (Fsp3) is 0.312. The molecule has 0 bridgehead atoms. The predicted octanol–water partition coefficient (Wildman–Crippen LogP) is 2.36. The van der Waals surface area contributed by atoms with Gasteiger partial charge >= 0.3 is 5.97 Å². The third-order valence-electron chi connectivity index (χ3n) is 4.07. The highest BCUT2D eigenvalue weighted by atomic mass is 16.4. The summed E-state index contributed by atoms with van der Waals surface area (Å²) in [6, 6.07) is 9.02. The summed E-state index contributed by atoms with van der Waals surface area (Å²) in [4.78, 5) is 27.7. The number of amides is 1. The van der Waals surface area contributed by atoms with Crippen LogP contribution in [0.15, 0.2) is 36.5 Å². The van der Waals surface area contributed by atoms with Crippen LogP contribution in [0.1, 0.15) is 36.0 Å². The average Bonchev–Trinajstić information content (AvgIpc) is 2.43. The fourth-order valence-corrected chi connectivity index (χ4v) is 2.85. The first-order chi connectivity index (χ1) is 10.1. The number of hydrogen-bond donors (Lipinski definition) is 2. The van der Waals surface area contributed by atoms with Crippen molar-refractivity contribution in [1.82, 2.24) is 10.3 Å². The minimum Gasteiger partial charge on any atom is -0.481 e. The Morgan fingerprint density at radius 1 is 1.24 bits per heavy atom. The van der Waals surface area contributed by atoms with Crippen molar-refractivity contribution in [3.8, 4) is 0 Å². The number of nitrogens with one attached hydrogen (secondary N) is 1. The van der Waals surface area contributed by atoms with Gasteiger partial charge in [-0.25, -0.2) is 0 Å². The summed E-state index contributed by atoms with van der Waals surface area (Å²) < 4.78 is 0. The third-order valence-corrected chi connectivity index (χ3v) is 4.07. The van der Waals surface area contributed by atoms with Crippen LogP contribution in [0, 0.1) is 0 Å². The molecular formula is C16H16N2O3. The van der Waals surface area contributed by atoms with E-state index in [-0.39, 0.29) is 12.3 Å². The second-order valence-corrected chi connectivity index (χ2v) is 5.53. The summed E-state index contributed by atoms with van der Waals surface area (Å²) in [6.07, 6.45) is 4.04. The van der Waals surface area contributed by atoms with Gasteiger partial charge in [0, 0.05) is 17.1 Å². The van der Waals surface area contributed by atoms with Crippen LogP contribution >= 0.6 is 0 Å². The molecule has 0 atom stereocenters. The van der Waals surface area contributed by atoms with E-state index in [0.29, 0.717) is 18.4 Å². The number of nitrogens with zero attached hydrogens (tertiary/aromatic N) is 1. The Labute approximate surface area is 122 Å². The predicted molar refractivity (Wildman–Crippen MR) is 78.0 cm³/mol. The summed E-state index contributed by atoms with van der Waals surface area (Å²) in [7, 11) is 0. The summed E-state index contributed by atoms with van der Waals surface area (Å²) in [5.41, 5.74) is 0.705. The van der Waals surface area contributed by atoms with Gasteiger partial charge in [-0.15, -0.1) is 0 Å². The molecule has 0 saturated heterocycles. The van der Waals surface area contributed by atoms with Crippen LogP contribution in [0.5, 0.6) is 0 Å². The van der Waals surface area contributed by atoms with E-state index in [1.165, 1.54) is 0 Å². The molecule has 2 aromatic rings. The van der Waals surface area contributed by atoms with Crippen LogP contribution in [-0.2, 0) is 4.79 Å². The normalized spacial score (nSPS) is 16.2. The summed E-state index contributed by atoms with van der Waals surface area (Å²) in [6.45, 7) is 0. The van der Waals surface area contributed by atoms with Gasteiger partial charge in [-0.1, -0.05) is 12.1 Å². The number of benzene rings is 1. The van der Waals surface area contributed by atoms with Gasteiger partial charge in [-0.3, -0.25) is 14.6 Å². The summed E-state index contributed by atoms with van der Waals surface area (Å²) in [5, 5.41) is 12.7. The minimum absolute atomic E-state index is 0.0260. The van der Waals surface area contributed by atoms with E-state index in [1.807, 2.05) is 12.1 Å². The van der Waals surface area contributed by atoms with E-state index in [9.17, 15) is 9.59 Å². The van der Waals surface area contributed by atoms with Crippen molar-refractivity contribution in [2.45, 2.75) is 31.2 Å². The van der Waals surface area contributed by atoms with E-state index in [0.717, 1.165) is 17.3 Å². The molecule has 1 aromatic carbocycles. The van der Waals surface area contributed by atoms with Gasteiger partial charge in [0.2, 0.25) is 0 Å². The molecule has 0 radical (unpaired) electrons. The second kappa shape index (κ2) is 5.16. The Bertz CT molecular complexity index is 702. The molecule has 1 aromatic heterocycles. The quantitative estimate of drug-likeness (QED) is 0.903. The van der Waals surface area contributed by atoms with E-state index < -0.39 is 11.5 Å². The van der Waals surface area contributed by atoms with Gasteiger partial charge in [0.05, 0.1) is 17.5 Å². The molecule has 1 aliphatic rings. The summed E-state index contributed by atoms with van der Waals surface area (Å²) in [5.74, 6) is -1.11. The zero-order valence-corrected chi connectivity index (χ0v) is 11.5. The number of pyridine rings is 1. The second-order valence-electron chi connectivity index (χ2n) is 5.53. The van der Waals surface area contributed by atoms with Gasteiger partial charge in [-0.05, 0) is 37.5 Å². The van der Waals surface area contributed by atoms with Crippen LogP contribution in [0.25, 0.3) is 10.9 Å². The number of aromatic nitrogens is 1. The molecule has 108 valence electrons. The molecule has 0 aliphatic heterocycles. The number of rotatable bonds is 4. The lowest BCUT2D eigenvalue weighted by Crippen LogP contribution is -2.54. The fourth-order valence-electron chi connectivity index (χ4n) is 2.85. The SMILES string of the molecule is O=C(O)CC1(NC(=O)c2cccc3ncccc23)CCC1. The minimum atomic E-state index is -0.880. The van der Waals surface area contributed by atoms with Crippen molar-refractivity contribution in [1.29, 1.82) is 0 Å². The zero-order chi connectivity index (χ0) is 14.9. The zero-order valence-electron chi connectivity index (χ0n) is 11.5. The number of aliphatic carboxylic acids is 1. The number of hydrogen-bond acceptors (Lipinski definition) is 3. The van der Waals surface area contributed by atoms with Gasteiger partial charge in [-0.2, -0.15) is 0 Å². The lowest BCUT2D eigenvalue weighted by Gasteiger charge is -2.41. The molecule has 1 saturated carbocycles. The molecule has 0 spiro atoms. The molecule has 3 rings (SSSR count). The Hall–Kier alpha value is -2.43. The van der Waals surface area contributed by atoms with Crippen molar-refractivity contribution < 1.29 is 14.7 Å². The van der Waals surface area contributed by atoms with Crippen molar-refractivity contribution in [2.24, 2.45) is 0 Å². The van der Waals surface area contributed by atoms with Gasteiger partial charge in [0.15, 0.2) is 0 Å². The van der Waals surface area contributed by atoms with Crippen LogP contribution in [0.2, 0.25) is 0 Å². The van der Waals surface area contributed by atoms with Gasteiger partial charge in [0.25, 0.3) is 5.91 Å². The number of carboxylic acid groups (broad SMARTS) is 1. The van der Waals surface area contributed by atoms with Crippen molar-refractivity contribution in [2.75, 3.05) is 0 Å². The summed E-state index contributed by atoms with van der Waals surface area (Å²) >= 11 is 0. The van der Waals surface area contributed by atoms with Crippen LogP contribution in [0.4, 0.5) is 0 Å². The number of carbonyl (C=O) groups excluding carboxylic acids is 1. The van der Waals surface area contributed by atoms with E-state index in [1.54, 1.807) is 24.4 Å². The molecule has 1 fully saturated rings. The van der Waals surface area contributed by atoms with Gasteiger partial charge < -0.3 is 10.4 Å². The maximum Gasteiger partial charge on any atom is 0.305 e. The monoisotopic (exact) mass is 284 g/mol. The van der Waals surface area contributed by atoms with Crippen LogP contribution in [-0.4, -0.2) is 27.5 Å². The van der Waals surface area contributed by atoms with Gasteiger partial charge in [0.1, 0.15) is 0 Å². The molecule has 1 aliphatic carbocycles. The average molecular weight is 284 g/mol. The lowest BCUT2D eigenvalue weighted by molar-refractivity contribution is -0.139. The van der Waals surface area contributed by atoms with E-state index >= 15 is 0 Å². The molecule has 5 heteroatoms. The molecule has 2 N–H and O–H groups in total. The molecule has 1 amide bonds. The van der Waals surface area contributed by atoms with Crippen LogP contribution < -0.4 is 5.32 Å². The highest BCUT2D eigenvalue weighted by molar-refractivity contribution is 6.06. The Morgan fingerprint density at radius 3 is 2.71 bits per heavy atom. The molecule has 0 unspecified atom stereocenters. The van der Waals surface area contributed by atoms with Crippen LogP contribution in [0.3, 0.4) is 0 Å². The van der Waals surface area contributed by atoms with E-state index in [4.69, 9.17) is 5.11 Å². The smallest absolute Gasteiger partial charge is 0.305 e. The molecular weight excluding hydrogens is 268 g/mol. The third kappa shape index (κ3) is 2.59. The standard InChI is InChI=1S/C16H16N2O3/c19-14(20)10-16(7-3-8-16)18-15(21)12-4-1-6-13-11(12)5-2-9-17-13/h1-2,4-6,9H,3,7-8,10H2,(H,18,21)(H,19,20). The topological polar surface area (TPSA) is 79.3 Å². The maximum atomic E-state index is 12.5. The number of fused-ring (bicyclic) bond motifs is 1. The lowest BCUT2D eigenvalue weighted by atomic mass is 9.74. The number of carbonyl (C=O) groups is 2. The first-order valence-electron chi connectivity index (χ1n) is 6.98. The highest BCUT2D eigenvalue weighted by Crippen LogP contribution is 2.35. The largest absolute Gasteiger partial charge is 0.481 e. The Balaban J connectivity index is 1.89. The van der Waals surface area contributed by atoms with Crippen molar-refractivity contribution >= 4 is 22.8 Å². The maximum absolute atomic E-state index is 12.5. The Kier molecular flexibility index (Phi) is 3.33. The Morgan fingerprint density at radius 2 is 2.05 bits per heavy atom. The first-order valence-corrected chi connectivity index (χ1v) is 6.98. The van der Waals surface area contributed by atoms with Crippen molar-refractivity contribution in [3.63, 3.8) is 0 Å². The number of carboxylic acids is 1. The first kappa shape index (κ1) is 13.5. The molecule has 5 nitrogen and oxygen atoms in total. The highest BCUT2D eigenvalue weighted by Gasteiger charge is 2.40. The molecule has 1 heterocycles. The van der Waals surface area contributed by atoms with Crippen molar-refractivity contribution in [3.05, 3.63) is 42.1 Å². The van der Waals surface area contributed by atoms with E-state index in [2.05, 4.69) is 10.3 Å².